The molecule has 0 spiro atoms. The third-order valence-electron chi connectivity index (χ3n) is 2.02. The molecule has 1 N–H and O–H groups in total. The SMILES string of the molecule is C=C(C)C(=O)NC(C)(C)CCC(=O)OC. The van der Waals surface area contributed by atoms with Crippen molar-refractivity contribution in [1.29, 1.82) is 0 Å². The maximum absolute atomic E-state index is 11.3. The van der Waals surface area contributed by atoms with E-state index in [1.54, 1.807) is 6.92 Å². The molecule has 0 saturated carbocycles. The van der Waals surface area contributed by atoms with E-state index in [9.17, 15) is 9.59 Å². The van der Waals surface area contributed by atoms with Gasteiger partial charge in [-0.05, 0) is 27.2 Å². The van der Waals surface area contributed by atoms with E-state index in [0.717, 1.165) is 0 Å². The van der Waals surface area contributed by atoms with Gasteiger partial charge in [0.25, 0.3) is 0 Å². The number of carbonyl (C=O) groups excluding carboxylic acids is 2. The normalized spacial score (nSPS) is 10.7. The molecule has 15 heavy (non-hydrogen) atoms. The van der Waals surface area contributed by atoms with Crippen LogP contribution in [0.3, 0.4) is 0 Å². The van der Waals surface area contributed by atoms with Crippen molar-refractivity contribution < 1.29 is 14.3 Å². The van der Waals surface area contributed by atoms with Gasteiger partial charge in [0.2, 0.25) is 5.91 Å². The van der Waals surface area contributed by atoms with Gasteiger partial charge in [-0.3, -0.25) is 9.59 Å². The van der Waals surface area contributed by atoms with Gasteiger partial charge in [-0.1, -0.05) is 6.58 Å². The highest BCUT2D eigenvalue weighted by atomic mass is 16.5. The highest BCUT2D eigenvalue weighted by Gasteiger charge is 2.21. The molecule has 0 aromatic heterocycles. The Morgan fingerprint density at radius 2 is 1.93 bits per heavy atom. The fraction of sp³-hybridized carbons (Fsp3) is 0.636. The third kappa shape index (κ3) is 5.88. The van der Waals surface area contributed by atoms with Crippen molar-refractivity contribution in [3.05, 3.63) is 12.2 Å². The fourth-order valence-corrected chi connectivity index (χ4v) is 0.993. The van der Waals surface area contributed by atoms with Gasteiger partial charge in [0.15, 0.2) is 0 Å². The molecule has 86 valence electrons. The van der Waals surface area contributed by atoms with E-state index in [1.807, 2.05) is 13.8 Å². The topological polar surface area (TPSA) is 55.4 Å². The van der Waals surface area contributed by atoms with Crippen LogP contribution >= 0.6 is 0 Å². The van der Waals surface area contributed by atoms with E-state index in [-0.39, 0.29) is 11.9 Å². The molecule has 4 nitrogen and oxygen atoms in total. The lowest BCUT2D eigenvalue weighted by Gasteiger charge is -2.25. The van der Waals surface area contributed by atoms with Crippen LogP contribution in [0.25, 0.3) is 0 Å². The van der Waals surface area contributed by atoms with Gasteiger partial charge in [-0.25, -0.2) is 0 Å². The number of carbonyl (C=O) groups is 2. The number of hydrogen-bond donors (Lipinski definition) is 1. The summed E-state index contributed by atoms with van der Waals surface area (Å²) in [5.41, 5.74) is 0.0330. The van der Waals surface area contributed by atoms with E-state index >= 15 is 0 Å². The fourth-order valence-electron chi connectivity index (χ4n) is 0.993. The quantitative estimate of drug-likeness (QED) is 0.555. The molecule has 0 aliphatic rings. The summed E-state index contributed by atoms with van der Waals surface area (Å²) in [4.78, 5) is 22.3. The van der Waals surface area contributed by atoms with Gasteiger partial charge in [0.1, 0.15) is 0 Å². The van der Waals surface area contributed by atoms with Crippen molar-refractivity contribution in [2.45, 2.75) is 39.2 Å². The van der Waals surface area contributed by atoms with Gasteiger partial charge in [-0.15, -0.1) is 0 Å². The molecule has 0 saturated heterocycles. The van der Waals surface area contributed by atoms with Crippen LogP contribution in [-0.4, -0.2) is 24.5 Å². The molecule has 0 radical (unpaired) electrons. The zero-order valence-corrected chi connectivity index (χ0v) is 9.85. The van der Waals surface area contributed by atoms with Crippen LogP contribution in [0.5, 0.6) is 0 Å². The summed E-state index contributed by atoms with van der Waals surface area (Å²) in [6, 6.07) is 0. The Bertz CT molecular complexity index is 269. The largest absolute Gasteiger partial charge is 0.469 e. The summed E-state index contributed by atoms with van der Waals surface area (Å²) >= 11 is 0. The predicted molar refractivity (Wildman–Crippen MR) is 58.3 cm³/mol. The minimum Gasteiger partial charge on any atom is -0.469 e. The molecular weight excluding hydrogens is 194 g/mol. The standard InChI is InChI=1S/C11H19NO3/c1-8(2)10(14)12-11(3,4)7-6-9(13)15-5/h1,6-7H2,2-5H3,(H,12,14). The van der Waals surface area contributed by atoms with Crippen molar-refractivity contribution in [2.24, 2.45) is 0 Å². The van der Waals surface area contributed by atoms with Crippen LogP contribution in [0.1, 0.15) is 33.6 Å². The summed E-state index contributed by atoms with van der Waals surface area (Å²) in [6.07, 6.45) is 0.832. The number of methoxy groups -OCH3 is 1. The van der Waals surface area contributed by atoms with Crippen LogP contribution in [0.15, 0.2) is 12.2 Å². The van der Waals surface area contributed by atoms with E-state index in [1.165, 1.54) is 7.11 Å². The average molecular weight is 213 g/mol. The zero-order valence-electron chi connectivity index (χ0n) is 9.85. The maximum Gasteiger partial charge on any atom is 0.305 e. The smallest absolute Gasteiger partial charge is 0.305 e. The average Bonchev–Trinajstić information content (AvgIpc) is 2.13. The lowest BCUT2D eigenvalue weighted by molar-refractivity contribution is -0.141. The van der Waals surface area contributed by atoms with Crippen LogP contribution in [-0.2, 0) is 14.3 Å². The molecule has 1 amide bonds. The van der Waals surface area contributed by atoms with Crippen LogP contribution in [0, 0.1) is 0 Å². The molecule has 0 atom stereocenters. The first-order valence-corrected chi connectivity index (χ1v) is 4.83. The van der Waals surface area contributed by atoms with Gasteiger partial charge in [0, 0.05) is 17.5 Å². The lowest BCUT2D eigenvalue weighted by atomic mass is 9.98. The molecule has 0 aliphatic heterocycles. The summed E-state index contributed by atoms with van der Waals surface area (Å²) in [5, 5.41) is 2.79. The van der Waals surface area contributed by atoms with Gasteiger partial charge in [0.05, 0.1) is 7.11 Å². The van der Waals surface area contributed by atoms with Crippen LogP contribution < -0.4 is 5.32 Å². The van der Waals surface area contributed by atoms with Crippen LogP contribution in [0.2, 0.25) is 0 Å². The molecule has 4 heteroatoms. The monoisotopic (exact) mass is 213 g/mol. The Hall–Kier alpha value is -1.32. The molecule has 0 fully saturated rings. The second-order valence-corrected chi connectivity index (χ2v) is 4.19. The molecule has 0 unspecified atom stereocenters. The molecular formula is C11H19NO3. The summed E-state index contributed by atoms with van der Waals surface area (Å²) in [6.45, 7) is 8.91. The number of ether oxygens (including phenoxy) is 1. The number of nitrogens with one attached hydrogen (secondary N) is 1. The summed E-state index contributed by atoms with van der Waals surface area (Å²) < 4.78 is 4.53. The summed E-state index contributed by atoms with van der Waals surface area (Å²) in [5.74, 6) is -0.461. The Labute approximate surface area is 90.7 Å². The maximum atomic E-state index is 11.3. The van der Waals surface area contributed by atoms with Crippen molar-refractivity contribution in [1.82, 2.24) is 5.32 Å². The van der Waals surface area contributed by atoms with Crippen molar-refractivity contribution in [3.63, 3.8) is 0 Å². The Morgan fingerprint density at radius 1 is 1.40 bits per heavy atom. The van der Waals surface area contributed by atoms with E-state index in [2.05, 4.69) is 16.6 Å². The highest BCUT2D eigenvalue weighted by molar-refractivity contribution is 5.92. The van der Waals surface area contributed by atoms with Gasteiger partial charge >= 0.3 is 5.97 Å². The Morgan fingerprint density at radius 3 is 2.33 bits per heavy atom. The molecule has 0 aromatic carbocycles. The van der Waals surface area contributed by atoms with Gasteiger partial charge in [-0.2, -0.15) is 0 Å². The van der Waals surface area contributed by atoms with Gasteiger partial charge < -0.3 is 10.1 Å². The number of rotatable bonds is 5. The molecule has 0 rings (SSSR count). The van der Waals surface area contributed by atoms with Crippen molar-refractivity contribution in [3.8, 4) is 0 Å². The van der Waals surface area contributed by atoms with E-state index < -0.39 is 5.54 Å². The molecule has 0 bridgehead atoms. The second-order valence-electron chi connectivity index (χ2n) is 4.19. The highest BCUT2D eigenvalue weighted by Crippen LogP contribution is 2.12. The number of hydrogen-bond acceptors (Lipinski definition) is 3. The second kappa shape index (κ2) is 5.53. The van der Waals surface area contributed by atoms with Crippen LogP contribution in [0.4, 0.5) is 0 Å². The Kier molecular flexibility index (Phi) is 5.05. The molecule has 0 aliphatic carbocycles. The van der Waals surface area contributed by atoms with E-state index in [0.29, 0.717) is 18.4 Å². The minimum absolute atomic E-state index is 0.190. The lowest BCUT2D eigenvalue weighted by Crippen LogP contribution is -2.44. The number of amides is 1. The van der Waals surface area contributed by atoms with Crippen molar-refractivity contribution in [2.75, 3.05) is 7.11 Å². The van der Waals surface area contributed by atoms with E-state index in [4.69, 9.17) is 0 Å². The Balaban J connectivity index is 4.13. The van der Waals surface area contributed by atoms with Crippen molar-refractivity contribution >= 4 is 11.9 Å². The molecule has 0 heterocycles. The number of esters is 1. The summed E-state index contributed by atoms with van der Waals surface area (Å²) in [7, 11) is 1.35. The molecule has 0 aromatic rings. The predicted octanol–water partition coefficient (Wildman–Crippen LogP) is 1.41. The first-order chi connectivity index (χ1) is 6.78. The first-order valence-electron chi connectivity index (χ1n) is 4.83. The zero-order chi connectivity index (χ0) is 12.1. The first kappa shape index (κ1) is 13.7. The third-order valence-corrected chi connectivity index (χ3v) is 2.02. The minimum atomic E-state index is -0.426.